The van der Waals surface area contributed by atoms with E-state index in [1.807, 2.05) is 12.2 Å². The van der Waals surface area contributed by atoms with Crippen LogP contribution in [0.5, 0.6) is 5.75 Å². The summed E-state index contributed by atoms with van der Waals surface area (Å²) in [7, 11) is 1.35. The molecule has 2 atom stereocenters. The van der Waals surface area contributed by atoms with Gasteiger partial charge in [-0.15, -0.1) is 0 Å². The van der Waals surface area contributed by atoms with Crippen molar-refractivity contribution in [1.82, 2.24) is 4.90 Å². The Kier molecular flexibility index (Phi) is 6.09. The van der Waals surface area contributed by atoms with Gasteiger partial charge in [0.1, 0.15) is 18.0 Å². The number of carbonyl (C=O) groups is 4. The van der Waals surface area contributed by atoms with Crippen LogP contribution in [0.4, 0.5) is 11.4 Å². The van der Waals surface area contributed by atoms with Crippen LogP contribution in [0.15, 0.2) is 30.4 Å². The van der Waals surface area contributed by atoms with Crippen molar-refractivity contribution in [1.29, 1.82) is 0 Å². The number of esters is 1. The Morgan fingerprint density at radius 1 is 1.20 bits per heavy atom. The predicted molar refractivity (Wildman–Crippen MR) is 101 cm³/mol. The molecular formula is C19H19N3O8. The average Bonchev–Trinajstić information content (AvgIpc) is 2.97. The van der Waals surface area contributed by atoms with E-state index < -0.39 is 59.3 Å². The lowest BCUT2D eigenvalue weighted by Gasteiger charge is -2.14. The van der Waals surface area contributed by atoms with E-state index >= 15 is 0 Å². The molecule has 0 bridgehead atoms. The van der Waals surface area contributed by atoms with Gasteiger partial charge in [0.2, 0.25) is 11.8 Å². The number of anilines is 1. The molecule has 2 aliphatic rings. The molecule has 1 aromatic carbocycles. The van der Waals surface area contributed by atoms with Gasteiger partial charge >= 0.3 is 5.97 Å². The normalized spacial score (nSPS) is 20.0. The number of carbonyl (C=O) groups excluding carboxylic acids is 4. The molecule has 1 aliphatic carbocycles. The molecule has 11 heteroatoms. The Labute approximate surface area is 170 Å². The maximum Gasteiger partial charge on any atom is 0.326 e. The molecule has 158 valence electrons. The second kappa shape index (κ2) is 8.72. The molecule has 1 saturated heterocycles. The second-order valence-corrected chi connectivity index (χ2v) is 6.77. The van der Waals surface area contributed by atoms with Crippen LogP contribution < -0.4 is 10.1 Å². The number of methoxy groups -OCH3 is 1. The fourth-order valence-corrected chi connectivity index (χ4v) is 3.43. The molecule has 0 spiro atoms. The topological polar surface area (TPSA) is 145 Å². The predicted octanol–water partition coefficient (Wildman–Crippen LogP) is 1.04. The van der Waals surface area contributed by atoms with Crippen molar-refractivity contribution >= 4 is 35.1 Å². The Bertz CT molecular complexity index is 916. The highest BCUT2D eigenvalue weighted by Crippen LogP contribution is 2.35. The van der Waals surface area contributed by atoms with E-state index in [1.54, 1.807) is 0 Å². The Hall–Kier alpha value is -3.76. The molecule has 1 N–H and O–H groups in total. The summed E-state index contributed by atoms with van der Waals surface area (Å²) in [6, 6.07) is 3.85. The first-order chi connectivity index (χ1) is 14.3. The lowest BCUT2D eigenvalue weighted by molar-refractivity contribution is -0.384. The maximum absolute atomic E-state index is 12.3. The number of allylic oxidation sites excluding steroid dienone is 2. The number of nitrogens with zero attached hydrogens (tertiary/aromatic N) is 2. The molecule has 0 radical (unpaired) electrons. The van der Waals surface area contributed by atoms with Gasteiger partial charge in [0.05, 0.1) is 29.9 Å². The molecule has 0 saturated carbocycles. The van der Waals surface area contributed by atoms with Crippen molar-refractivity contribution in [3.05, 3.63) is 40.5 Å². The van der Waals surface area contributed by atoms with E-state index in [-0.39, 0.29) is 11.4 Å². The van der Waals surface area contributed by atoms with Crippen LogP contribution in [0.25, 0.3) is 0 Å². The summed E-state index contributed by atoms with van der Waals surface area (Å²) in [5.74, 6) is -3.28. The molecule has 1 aromatic rings. The molecule has 1 aliphatic heterocycles. The number of nitro benzene ring substituents is 1. The van der Waals surface area contributed by atoms with Crippen molar-refractivity contribution in [3.8, 4) is 5.75 Å². The van der Waals surface area contributed by atoms with Crippen LogP contribution in [0.3, 0.4) is 0 Å². The zero-order chi connectivity index (χ0) is 21.8. The third-order valence-electron chi connectivity index (χ3n) is 4.93. The summed E-state index contributed by atoms with van der Waals surface area (Å²) >= 11 is 0. The smallest absolute Gasteiger partial charge is 0.326 e. The number of hydrogen-bond donors (Lipinski definition) is 1. The fraction of sp³-hybridized carbons (Fsp3) is 0.368. The number of nitro groups is 1. The molecule has 3 amide bonds. The highest BCUT2D eigenvalue weighted by molar-refractivity contribution is 6.07. The first-order valence-corrected chi connectivity index (χ1v) is 9.10. The summed E-state index contributed by atoms with van der Waals surface area (Å²) in [5, 5.41) is 13.4. The van der Waals surface area contributed by atoms with Gasteiger partial charge in [-0.05, 0) is 25.0 Å². The first-order valence-electron chi connectivity index (χ1n) is 9.10. The van der Waals surface area contributed by atoms with Gasteiger partial charge in [-0.2, -0.15) is 0 Å². The molecule has 11 nitrogen and oxygen atoms in total. The minimum absolute atomic E-state index is 0.0941. The molecule has 0 aromatic heterocycles. The van der Waals surface area contributed by atoms with Crippen molar-refractivity contribution in [3.63, 3.8) is 0 Å². The number of imide groups is 1. The number of ether oxygens (including phenoxy) is 2. The van der Waals surface area contributed by atoms with Crippen LogP contribution in [-0.2, 0) is 23.9 Å². The highest BCUT2D eigenvalue weighted by Gasteiger charge is 2.47. The minimum atomic E-state index is -0.928. The van der Waals surface area contributed by atoms with E-state index in [0.29, 0.717) is 12.8 Å². The lowest BCUT2D eigenvalue weighted by atomic mass is 9.85. The second-order valence-electron chi connectivity index (χ2n) is 6.77. The van der Waals surface area contributed by atoms with E-state index in [9.17, 15) is 29.3 Å². The van der Waals surface area contributed by atoms with Gasteiger partial charge < -0.3 is 14.8 Å². The van der Waals surface area contributed by atoms with Gasteiger partial charge in [-0.3, -0.25) is 34.2 Å². The van der Waals surface area contributed by atoms with Gasteiger partial charge in [0, 0.05) is 0 Å². The number of likely N-dealkylation sites (tertiary alicyclic amines) is 1. The Morgan fingerprint density at radius 3 is 2.40 bits per heavy atom. The molecule has 1 fully saturated rings. The van der Waals surface area contributed by atoms with Crippen molar-refractivity contribution in [2.45, 2.75) is 12.8 Å². The Morgan fingerprint density at radius 2 is 1.83 bits per heavy atom. The van der Waals surface area contributed by atoms with Crippen LogP contribution in [0.1, 0.15) is 12.8 Å². The SMILES string of the molecule is COc1ccc(NC(=O)COC(=O)CN2C(=O)[C@H]3CC=CC[C@@H]3C2=O)c([N+](=O)[O-])c1. The van der Waals surface area contributed by atoms with Crippen LogP contribution >= 0.6 is 0 Å². The van der Waals surface area contributed by atoms with Gasteiger partial charge in [-0.25, -0.2) is 0 Å². The van der Waals surface area contributed by atoms with E-state index in [4.69, 9.17) is 9.47 Å². The number of amides is 3. The molecule has 1 heterocycles. The third-order valence-corrected chi connectivity index (χ3v) is 4.93. The van der Waals surface area contributed by atoms with Gasteiger partial charge in [-0.1, -0.05) is 12.2 Å². The largest absolute Gasteiger partial charge is 0.496 e. The lowest BCUT2D eigenvalue weighted by Crippen LogP contribution is -2.37. The minimum Gasteiger partial charge on any atom is -0.496 e. The molecule has 30 heavy (non-hydrogen) atoms. The average molecular weight is 417 g/mol. The monoisotopic (exact) mass is 417 g/mol. The van der Waals surface area contributed by atoms with Gasteiger partial charge in [0.25, 0.3) is 11.6 Å². The molecule has 3 rings (SSSR count). The quantitative estimate of drug-likeness (QED) is 0.228. The standard InChI is InChI=1S/C19H19N3O8/c1-29-11-6-7-14(15(8-11)22(27)28)20-16(23)10-30-17(24)9-21-18(25)12-4-2-3-5-13(12)19(21)26/h2-3,6-8,12-13H,4-5,9-10H2,1H3,(H,20,23)/t12-,13-/m0/s1. The zero-order valence-electron chi connectivity index (χ0n) is 16.0. The summed E-state index contributed by atoms with van der Waals surface area (Å²) < 4.78 is 9.74. The summed E-state index contributed by atoms with van der Waals surface area (Å²) in [4.78, 5) is 60.0. The number of hydrogen-bond acceptors (Lipinski definition) is 8. The van der Waals surface area contributed by atoms with Gasteiger partial charge in [0.15, 0.2) is 6.61 Å². The molecule has 0 unspecified atom stereocenters. The van der Waals surface area contributed by atoms with Crippen molar-refractivity contribution < 1.29 is 33.6 Å². The summed E-state index contributed by atoms with van der Waals surface area (Å²) in [6.45, 7) is -1.31. The van der Waals surface area contributed by atoms with Crippen LogP contribution in [0, 0.1) is 22.0 Å². The van der Waals surface area contributed by atoms with E-state index in [1.165, 1.54) is 19.2 Å². The molecular weight excluding hydrogens is 398 g/mol. The summed E-state index contributed by atoms with van der Waals surface area (Å²) in [5.41, 5.74) is -0.484. The van der Waals surface area contributed by atoms with Crippen molar-refractivity contribution in [2.24, 2.45) is 11.8 Å². The number of fused-ring (bicyclic) bond motifs is 1. The Balaban J connectivity index is 1.54. The summed E-state index contributed by atoms with van der Waals surface area (Å²) in [6.07, 6.45) is 4.56. The number of benzene rings is 1. The highest BCUT2D eigenvalue weighted by atomic mass is 16.6. The number of rotatable bonds is 7. The van der Waals surface area contributed by atoms with Crippen molar-refractivity contribution in [2.75, 3.05) is 25.6 Å². The van der Waals surface area contributed by atoms with E-state index in [0.717, 1.165) is 11.0 Å². The van der Waals surface area contributed by atoms with Crippen LogP contribution in [0.2, 0.25) is 0 Å². The van der Waals surface area contributed by atoms with Crippen LogP contribution in [-0.4, -0.2) is 53.8 Å². The third kappa shape index (κ3) is 4.29. The first kappa shape index (κ1) is 21.0. The number of nitrogens with one attached hydrogen (secondary N) is 1. The zero-order valence-corrected chi connectivity index (χ0v) is 16.0. The van der Waals surface area contributed by atoms with E-state index in [2.05, 4.69) is 5.32 Å². The fourth-order valence-electron chi connectivity index (χ4n) is 3.43. The maximum atomic E-state index is 12.3.